The van der Waals surface area contributed by atoms with Crippen molar-refractivity contribution in [2.75, 3.05) is 0 Å². The van der Waals surface area contributed by atoms with Gasteiger partial charge in [0.2, 0.25) is 23.6 Å². The molecule has 1 heterocycles. The molecule has 1 rings (SSSR count). The van der Waals surface area contributed by atoms with Gasteiger partial charge in [-0.2, -0.15) is 0 Å². The molecule has 32 heavy (non-hydrogen) atoms. The van der Waals surface area contributed by atoms with Crippen LogP contribution in [-0.4, -0.2) is 68.8 Å². The zero-order valence-electron chi connectivity index (χ0n) is 18.3. The number of nitrogens with zero attached hydrogens (tertiary/aromatic N) is 1. The van der Waals surface area contributed by atoms with Crippen molar-refractivity contribution in [1.82, 2.24) is 25.9 Å². The second-order valence-corrected chi connectivity index (χ2v) is 7.75. The van der Waals surface area contributed by atoms with Crippen LogP contribution in [0.25, 0.3) is 0 Å². The first-order valence-electron chi connectivity index (χ1n) is 10.1. The highest BCUT2D eigenvalue weighted by Gasteiger charge is 2.31. The van der Waals surface area contributed by atoms with E-state index in [-0.39, 0.29) is 25.2 Å². The first-order valence-corrected chi connectivity index (χ1v) is 10.1. The zero-order chi connectivity index (χ0) is 24.4. The van der Waals surface area contributed by atoms with Crippen LogP contribution in [0.5, 0.6) is 0 Å². The van der Waals surface area contributed by atoms with Crippen molar-refractivity contribution in [3.05, 3.63) is 18.2 Å². The summed E-state index contributed by atoms with van der Waals surface area (Å²) in [5.41, 5.74) is 11.3. The van der Waals surface area contributed by atoms with Crippen LogP contribution >= 0.6 is 0 Å². The van der Waals surface area contributed by atoms with Crippen LogP contribution in [-0.2, 0) is 30.4 Å². The number of nitrogens with one attached hydrogen (secondary N) is 4. The Labute approximate surface area is 185 Å². The standard InChI is InChI=1S/C19H31N7O6/c1-9(2)15(26-16(28)12(20)4-5-14(21)27)18(30)25-13(6-11-7-22-8-23-11)17(29)24-10(3)19(31)32/h7-10,12-13,15H,4-6,20H2,1-3H3,(H2,21,27)(H,22,23)(H,24,29)(H,25,30)(H,26,28)(H,31,32). The second kappa shape index (κ2) is 12.4. The number of carboxylic acids is 1. The molecule has 1 aromatic heterocycles. The van der Waals surface area contributed by atoms with Crippen molar-refractivity contribution in [3.63, 3.8) is 0 Å². The molecule has 9 N–H and O–H groups in total. The maximum atomic E-state index is 12.9. The quantitative estimate of drug-likeness (QED) is 0.172. The predicted molar refractivity (Wildman–Crippen MR) is 113 cm³/mol. The van der Waals surface area contributed by atoms with Gasteiger partial charge in [-0.3, -0.25) is 24.0 Å². The van der Waals surface area contributed by atoms with Gasteiger partial charge < -0.3 is 37.5 Å². The molecule has 0 spiro atoms. The number of primary amides is 1. The summed E-state index contributed by atoms with van der Waals surface area (Å²) >= 11 is 0. The number of carbonyl (C=O) groups excluding carboxylic acids is 4. The van der Waals surface area contributed by atoms with Gasteiger partial charge in [-0.15, -0.1) is 0 Å². The third kappa shape index (κ3) is 8.71. The summed E-state index contributed by atoms with van der Waals surface area (Å²) in [7, 11) is 0. The van der Waals surface area contributed by atoms with E-state index in [1.165, 1.54) is 19.4 Å². The molecule has 178 valence electrons. The molecule has 4 atom stereocenters. The molecular weight excluding hydrogens is 422 g/mol. The van der Waals surface area contributed by atoms with Crippen molar-refractivity contribution in [3.8, 4) is 0 Å². The molecule has 4 amide bonds. The van der Waals surface area contributed by atoms with Gasteiger partial charge >= 0.3 is 5.97 Å². The van der Waals surface area contributed by atoms with E-state index >= 15 is 0 Å². The van der Waals surface area contributed by atoms with Crippen LogP contribution in [0.3, 0.4) is 0 Å². The fourth-order valence-electron chi connectivity index (χ4n) is 2.69. The van der Waals surface area contributed by atoms with Gasteiger partial charge in [0.05, 0.1) is 12.4 Å². The van der Waals surface area contributed by atoms with Gasteiger partial charge in [0.25, 0.3) is 0 Å². The van der Waals surface area contributed by atoms with Crippen LogP contribution in [0.4, 0.5) is 0 Å². The Balaban J connectivity index is 2.92. The molecule has 1 aromatic rings. The Kier molecular flexibility index (Phi) is 10.3. The fourth-order valence-corrected chi connectivity index (χ4v) is 2.69. The summed E-state index contributed by atoms with van der Waals surface area (Å²) in [4.78, 5) is 66.5. The van der Waals surface area contributed by atoms with Gasteiger partial charge in [0.15, 0.2) is 0 Å². The molecule has 0 aliphatic carbocycles. The minimum absolute atomic E-state index is 0.0147. The van der Waals surface area contributed by atoms with E-state index in [4.69, 9.17) is 16.6 Å². The summed E-state index contributed by atoms with van der Waals surface area (Å²) in [6.45, 7) is 4.67. The van der Waals surface area contributed by atoms with E-state index in [0.717, 1.165) is 0 Å². The Bertz CT molecular complexity index is 811. The Morgan fingerprint density at radius 2 is 1.72 bits per heavy atom. The van der Waals surface area contributed by atoms with Crippen LogP contribution in [0.15, 0.2) is 12.5 Å². The number of nitrogens with two attached hydrogens (primary N) is 2. The number of rotatable bonds is 13. The van der Waals surface area contributed by atoms with Gasteiger partial charge in [0.1, 0.15) is 18.1 Å². The van der Waals surface area contributed by atoms with Crippen LogP contribution in [0.1, 0.15) is 39.3 Å². The minimum Gasteiger partial charge on any atom is -0.480 e. The van der Waals surface area contributed by atoms with Crippen molar-refractivity contribution < 1.29 is 29.1 Å². The normalized spacial score (nSPS) is 14.7. The molecule has 0 aliphatic rings. The number of aromatic nitrogens is 2. The molecule has 0 aliphatic heterocycles. The smallest absolute Gasteiger partial charge is 0.325 e. The molecule has 13 heteroatoms. The maximum absolute atomic E-state index is 12.9. The molecule has 0 aromatic carbocycles. The van der Waals surface area contributed by atoms with Crippen LogP contribution in [0, 0.1) is 5.92 Å². The number of amides is 4. The molecule has 13 nitrogen and oxygen atoms in total. The topological polar surface area (TPSA) is 222 Å². The average molecular weight is 454 g/mol. The lowest BCUT2D eigenvalue weighted by molar-refractivity contribution is -0.141. The van der Waals surface area contributed by atoms with Crippen LogP contribution < -0.4 is 27.4 Å². The van der Waals surface area contributed by atoms with E-state index in [1.54, 1.807) is 13.8 Å². The summed E-state index contributed by atoms with van der Waals surface area (Å²) in [5, 5.41) is 16.4. The molecule has 0 radical (unpaired) electrons. The molecule has 0 bridgehead atoms. The highest BCUT2D eigenvalue weighted by atomic mass is 16.4. The monoisotopic (exact) mass is 453 g/mol. The first-order chi connectivity index (χ1) is 14.9. The van der Waals surface area contributed by atoms with Gasteiger partial charge in [-0.05, 0) is 19.3 Å². The highest BCUT2D eigenvalue weighted by Crippen LogP contribution is 2.06. The second-order valence-electron chi connectivity index (χ2n) is 7.75. The van der Waals surface area contributed by atoms with Crippen molar-refractivity contribution in [1.29, 1.82) is 0 Å². The number of hydrogen-bond acceptors (Lipinski definition) is 7. The molecule has 0 fully saturated rings. The molecule has 0 saturated heterocycles. The van der Waals surface area contributed by atoms with Crippen molar-refractivity contribution >= 4 is 29.6 Å². The highest BCUT2D eigenvalue weighted by molar-refractivity contribution is 5.94. The van der Waals surface area contributed by atoms with E-state index in [9.17, 15) is 24.0 Å². The molecule has 0 saturated carbocycles. The first kappa shape index (κ1) is 26.6. The number of carbonyl (C=O) groups is 5. The number of imidazole rings is 1. The predicted octanol–water partition coefficient (Wildman–Crippen LogP) is -2.24. The summed E-state index contributed by atoms with van der Waals surface area (Å²) < 4.78 is 0. The molecular formula is C19H31N7O6. The number of aromatic amines is 1. The lowest BCUT2D eigenvalue weighted by atomic mass is 10.0. The minimum atomic E-state index is -1.23. The van der Waals surface area contributed by atoms with Gasteiger partial charge in [-0.1, -0.05) is 13.8 Å². The summed E-state index contributed by atoms with van der Waals surface area (Å²) in [6, 6.07) is -4.38. The van der Waals surface area contributed by atoms with E-state index in [2.05, 4.69) is 25.9 Å². The van der Waals surface area contributed by atoms with Gasteiger partial charge in [-0.25, -0.2) is 4.98 Å². The Hall–Kier alpha value is -3.48. The summed E-state index contributed by atoms with van der Waals surface area (Å²) in [5.74, 6) is -4.21. The Morgan fingerprint density at radius 3 is 2.22 bits per heavy atom. The Morgan fingerprint density at radius 1 is 1.06 bits per heavy atom. The summed E-state index contributed by atoms with van der Waals surface area (Å²) in [6.07, 6.45) is 2.82. The third-order valence-electron chi connectivity index (χ3n) is 4.63. The maximum Gasteiger partial charge on any atom is 0.325 e. The number of H-pyrrole nitrogens is 1. The fraction of sp³-hybridized carbons (Fsp3) is 0.579. The van der Waals surface area contributed by atoms with Gasteiger partial charge in [0, 0.05) is 24.7 Å². The molecule has 4 unspecified atom stereocenters. The number of hydrogen-bond donors (Lipinski definition) is 7. The van der Waals surface area contributed by atoms with E-state index in [1.807, 2.05) is 0 Å². The van der Waals surface area contributed by atoms with Crippen molar-refractivity contribution in [2.45, 2.75) is 64.2 Å². The lowest BCUT2D eigenvalue weighted by Crippen LogP contribution is -2.58. The SMILES string of the molecule is CC(NC(=O)C(Cc1cnc[nH]1)NC(=O)C(NC(=O)C(N)CCC(N)=O)C(C)C)C(=O)O. The third-order valence-corrected chi connectivity index (χ3v) is 4.63. The zero-order valence-corrected chi connectivity index (χ0v) is 18.3. The largest absolute Gasteiger partial charge is 0.480 e. The van der Waals surface area contributed by atoms with Crippen molar-refractivity contribution in [2.24, 2.45) is 17.4 Å². The van der Waals surface area contributed by atoms with E-state index in [0.29, 0.717) is 5.69 Å². The number of carboxylic acid groups (broad SMARTS) is 1. The van der Waals surface area contributed by atoms with Crippen LogP contribution in [0.2, 0.25) is 0 Å². The van der Waals surface area contributed by atoms with E-state index < -0.39 is 53.8 Å². The number of aliphatic carboxylic acids is 1. The lowest BCUT2D eigenvalue weighted by Gasteiger charge is -2.26. The average Bonchev–Trinajstić information content (AvgIpc) is 3.21.